The molecule has 4 nitrogen and oxygen atoms in total. The quantitative estimate of drug-likeness (QED) is 0.774. The van der Waals surface area contributed by atoms with Gasteiger partial charge in [0.15, 0.2) is 0 Å². The van der Waals surface area contributed by atoms with Crippen molar-refractivity contribution < 1.29 is 9.47 Å². The first-order valence-electron chi connectivity index (χ1n) is 5.27. The molecule has 0 heterocycles. The molecule has 0 bridgehead atoms. The summed E-state index contributed by atoms with van der Waals surface area (Å²) in [5, 5.41) is 0. The first kappa shape index (κ1) is 12.6. The summed E-state index contributed by atoms with van der Waals surface area (Å²) in [6.45, 7) is 2.50. The maximum Gasteiger partial charge on any atom is 0.144 e. The average molecular weight is 224 g/mol. The van der Waals surface area contributed by atoms with Gasteiger partial charge in [-0.05, 0) is 19.1 Å². The average Bonchev–Trinajstić information content (AvgIpc) is 2.21. The van der Waals surface area contributed by atoms with Crippen LogP contribution in [0.2, 0.25) is 0 Å². The maximum atomic E-state index is 5.85. The van der Waals surface area contributed by atoms with Crippen molar-refractivity contribution in [2.45, 2.75) is 13.0 Å². The van der Waals surface area contributed by atoms with Gasteiger partial charge in [0.25, 0.3) is 0 Å². The molecule has 0 spiro atoms. The number of methoxy groups -OCH3 is 1. The van der Waals surface area contributed by atoms with E-state index >= 15 is 0 Å². The minimum Gasteiger partial charge on any atom is -0.486 e. The van der Waals surface area contributed by atoms with E-state index in [0.717, 1.165) is 5.69 Å². The SMILES string of the molecule is COCC(C)Oc1cc(N(C)C)ccc1N. The van der Waals surface area contributed by atoms with Crippen LogP contribution in [0.5, 0.6) is 5.75 Å². The minimum absolute atomic E-state index is 0.00953. The van der Waals surface area contributed by atoms with E-state index in [0.29, 0.717) is 18.0 Å². The van der Waals surface area contributed by atoms with Gasteiger partial charge in [0.1, 0.15) is 11.9 Å². The summed E-state index contributed by atoms with van der Waals surface area (Å²) in [5.74, 6) is 0.704. The van der Waals surface area contributed by atoms with Crippen molar-refractivity contribution >= 4 is 11.4 Å². The Hall–Kier alpha value is -1.42. The smallest absolute Gasteiger partial charge is 0.144 e. The molecule has 0 radical (unpaired) electrons. The number of nitrogens with zero attached hydrogens (tertiary/aromatic N) is 1. The number of nitrogen functional groups attached to an aromatic ring is 1. The Labute approximate surface area is 96.9 Å². The predicted molar refractivity (Wildman–Crippen MR) is 67.1 cm³/mol. The summed E-state index contributed by atoms with van der Waals surface area (Å²) in [5.41, 5.74) is 7.56. The van der Waals surface area contributed by atoms with E-state index in [9.17, 15) is 0 Å². The van der Waals surface area contributed by atoms with Crippen molar-refractivity contribution in [3.05, 3.63) is 18.2 Å². The van der Waals surface area contributed by atoms with Crippen LogP contribution in [-0.2, 0) is 4.74 Å². The normalized spacial score (nSPS) is 12.2. The summed E-state index contributed by atoms with van der Waals surface area (Å²) in [7, 11) is 5.61. The second kappa shape index (κ2) is 5.61. The van der Waals surface area contributed by atoms with Gasteiger partial charge >= 0.3 is 0 Å². The highest BCUT2D eigenvalue weighted by atomic mass is 16.5. The summed E-state index contributed by atoms with van der Waals surface area (Å²) in [4.78, 5) is 2.01. The van der Waals surface area contributed by atoms with Crippen molar-refractivity contribution in [3.8, 4) is 5.75 Å². The molecule has 0 amide bonds. The third-order valence-electron chi connectivity index (χ3n) is 2.24. The molecular formula is C12H20N2O2. The van der Waals surface area contributed by atoms with E-state index in [2.05, 4.69) is 0 Å². The van der Waals surface area contributed by atoms with E-state index in [1.807, 2.05) is 44.1 Å². The Morgan fingerprint density at radius 1 is 1.38 bits per heavy atom. The highest BCUT2D eigenvalue weighted by Crippen LogP contribution is 2.27. The second-order valence-corrected chi connectivity index (χ2v) is 4.00. The molecule has 0 saturated heterocycles. The van der Waals surface area contributed by atoms with Crippen LogP contribution in [0.4, 0.5) is 11.4 Å². The number of hydrogen-bond donors (Lipinski definition) is 1. The topological polar surface area (TPSA) is 47.7 Å². The fourth-order valence-electron chi connectivity index (χ4n) is 1.39. The van der Waals surface area contributed by atoms with Crippen molar-refractivity contribution in [1.82, 2.24) is 0 Å². The predicted octanol–water partition coefficient (Wildman–Crippen LogP) is 1.75. The van der Waals surface area contributed by atoms with Crippen molar-refractivity contribution in [2.24, 2.45) is 0 Å². The van der Waals surface area contributed by atoms with Gasteiger partial charge in [-0.2, -0.15) is 0 Å². The van der Waals surface area contributed by atoms with Crippen LogP contribution >= 0.6 is 0 Å². The second-order valence-electron chi connectivity index (χ2n) is 4.00. The zero-order valence-electron chi connectivity index (χ0n) is 10.4. The molecule has 1 aromatic carbocycles. The van der Waals surface area contributed by atoms with Crippen LogP contribution in [0.25, 0.3) is 0 Å². The van der Waals surface area contributed by atoms with Crippen LogP contribution in [0.15, 0.2) is 18.2 Å². The molecule has 4 heteroatoms. The largest absolute Gasteiger partial charge is 0.486 e. The summed E-state index contributed by atoms with van der Waals surface area (Å²) >= 11 is 0. The lowest BCUT2D eigenvalue weighted by Crippen LogP contribution is -2.19. The summed E-state index contributed by atoms with van der Waals surface area (Å²) < 4.78 is 10.7. The van der Waals surface area contributed by atoms with Crippen LogP contribution in [0.1, 0.15) is 6.92 Å². The third-order valence-corrected chi connectivity index (χ3v) is 2.24. The van der Waals surface area contributed by atoms with Crippen LogP contribution < -0.4 is 15.4 Å². The van der Waals surface area contributed by atoms with Crippen LogP contribution in [0, 0.1) is 0 Å². The van der Waals surface area contributed by atoms with Crippen molar-refractivity contribution in [1.29, 1.82) is 0 Å². The molecule has 0 aliphatic carbocycles. The molecule has 0 aromatic heterocycles. The Morgan fingerprint density at radius 2 is 2.06 bits per heavy atom. The van der Waals surface area contributed by atoms with Gasteiger partial charge in [0, 0.05) is 33.0 Å². The lowest BCUT2D eigenvalue weighted by atomic mass is 10.2. The summed E-state index contributed by atoms with van der Waals surface area (Å²) in [6.07, 6.45) is -0.00953. The Morgan fingerprint density at radius 3 is 2.62 bits per heavy atom. The van der Waals surface area contributed by atoms with Gasteiger partial charge in [-0.3, -0.25) is 0 Å². The third kappa shape index (κ3) is 3.31. The number of rotatable bonds is 5. The first-order valence-corrected chi connectivity index (χ1v) is 5.27. The van der Waals surface area contributed by atoms with E-state index in [-0.39, 0.29) is 6.10 Å². The number of benzene rings is 1. The Balaban J connectivity index is 2.81. The lowest BCUT2D eigenvalue weighted by molar-refractivity contribution is 0.0926. The van der Waals surface area contributed by atoms with E-state index in [1.54, 1.807) is 7.11 Å². The zero-order chi connectivity index (χ0) is 12.1. The fourth-order valence-corrected chi connectivity index (χ4v) is 1.39. The molecule has 2 N–H and O–H groups in total. The molecule has 90 valence electrons. The van der Waals surface area contributed by atoms with Crippen LogP contribution in [0.3, 0.4) is 0 Å². The van der Waals surface area contributed by atoms with E-state index in [4.69, 9.17) is 15.2 Å². The number of anilines is 2. The van der Waals surface area contributed by atoms with Crippen LogP contribution in [-0.4, -0.2) is 33.9 Å². The molecule has 1 atom stereocenters. The highest BCUT2D eigenvalue weighted by molar-refractivity contribution is 5.61. The molecule has 0 fully saturated rings. The summed E-state index contributed by atoms with van der Waals surface area (Å²) in [6, 6.07) is 5.74. The lowest BCUT2D eigenvalue weighted by Gasteiger charge is -2.18. The van der Waals surface area contributed by atoms with E-state index in [1.165, 1.54) is 0 Å². The van der Waals surface area contributed by atoms with Gasteiger partial charge in [-0.1, -0.05) is 0 Å². The highest BCUT2D eigenvalue weighted by Gasteiger charge is 2.08. The Kier molecular flexibility index (Phi) is 4.43. The maximum absolute atomic E-state index is 5.85. The number of ether oxygens (including phenoxy) is 2. The molecule has 16 heavy (non-hydrogen) atoms. The number of nitrogens with two attached hydrogens (primary N) is 1. The molecule has 0 aliphatic heterocycles. The standard InChI is InChI=1S/C12H20N2O2/c1-9(8-15-4)16-12-7-10(14(2)3)5-6-11(12)13/h5-7,9H,8,13H2,1-4H3. The monoisotopic (exact) mass is 224 g/mol. The van der Waals surface area contributed by atoms with Gasteiger partial charge < -0.3 is 20.1 Å². The van der Waals surface area contributed by atoms with Crippen molar-refractivity contribution in [2.75, 3.05) is 38.4 Å². The van der Waals surface area contributed by atoms with Gasteiger partial charge in [0.2, 0.25) is 0 Å². The first-order chi connectivity index (χ1) is 7.54. The molecule has 1 aromatic rings. The fraction of sp³-hybridized carbons (Fsp3) is 0.500. The van der Waals surface area contributed by atoms with Gasteiger partial charge in [-0.25, -0.2) is 0 Å². The number of hydrogen-bond acceptors (Lipinski definition) is 4. The minimum atomic E-state index is -0.00953. The molecule has 0 saturated carbocycles. The molecule has 1 rings (SSSR count). The Bertz CT molecular complexity index is 340. The van der Waals surface area contributed by atoms with E-state index < -0.39 is 0 Å². The zero-order valence-corrected chi connectivity index (χ0v) is 10.4. The van der Waals surface area contributed by atoms with Crippen molar-refractivity contribution in [3.63, 3.8) is 0 Å². The molecule has 0 aliphatic rings. The molecular weight excluding hydrogens is 204 g/mol. The van der Waals surface area contributed by atoms with Gasteiger partial charge in [0.05, 0.1) is 12.3 Å². The molecule has 1 unspecified atom stereocenters. The van der Waals surface area contributed by atoms with Gasteiger partial charge in [-0.15, -0.1) is 0 Å².